The van der Waals surface area contributed by atoms with Crippen LogP contribution >= 0.6 is 11.8 Å². The zero-order chi connectivity index (χ0) is 48.9. The van der Waals surface area contributed by atoms with E-state index in [0.29, 0.717) is 5.75 Å². The molecule has 68 heavy (non-hydrogen) atoms. The topological polar surface area (TPSA) is 257 Å². The van der Waals surface area contributed by atoms with Gasteiger partial charge in [0.05, 0.1) is 35.0 Å². The van der Waals surface area contributed by atoms with Gasteiger partial charge in [0.15, 0.2) is 5.60 Å². The van der Waals surface area contributed by atoms with Crippen LogP contribution in [0, 0.1) is 57.7 Å². The quantitative estimate of drug-likeness (QED) is 0.106. The van der Waals surface area contributed by atoms with Crippen LogP contribution in [0.4, 0.5) is 0 Å². The van der Waals surface area contributed by atoms with Crippen LogP contribution in [0.5, 0.6) is 0 Å². The number of hydrogen-bond donors (Lipinski definition) is 4. The van der Waals surface area contributed by atoms with Gasteiger partial charge in [-0.05, 0) is 61.7 Å². The maximum Gasteiger partial charge on any atom is 0.341 e. The Morgan fingerprint density at radius 1 is 0.868 bits per heavy atom. The second-order valence-electron chi connectivity index (χ2n) is 21.8. The van der Waals surface area contributed by atoms with Crippen molar-refractivity contribution in [3.05, 3.63) is 35.9 Å². The third kappa shape index (κ3) is 6.42. The summed E-state index contributed by atoms with van der Waals surface area (Å²) in [6.07, 6.45) is -7.77. The lowest BCUT2D eigenvalue weighted by molar-refractivity contribution is -0.286. The first kappa shape index (κ1) is 47.5. The van der Waals surface area contributed by atoms with Gasteiger partial charge in [0.25, 0.3) is 0 Å². The van der Waals surface area contributed by atoms with E-state index in [2.05, 4.69) is 5.32 Å². The molecule has 9 aliphatic rings. The van der Waals surface area contributed by atoms with E-state index in [0.717, 1.165) is 16.9 Å². The molecule has 5 saturated carbocycles. The van der Waals surface area contributed by atoms with Crippen molar-refractivity contribution >= 4 is 53.4 Å². The fraction of sp³-hybridized carbons (Fsp3) is 0.735. The predicted molar refractivity (Wildman–Crippen MR) is 235 cm³/mol. The highest BCUT2D eigenvalue weighted by Crippen LogP contribution is 2.81. The number of aryl methyl sites for hydroxylation is 1. The minimum atomic E-state index is -2.18. The molecular weight excluding hydrogens is 905 g/mol. The molecular formula is C49H62N2O16S. The van der Waals surface area contributed by atoms with Crippen molar-refractivity contribution in [1.82, 2.24) is 10.2 Å². The van der Waals surface area contributed by atoms with E-state index in [1.165, 1.54) is 39.5 Å². The number of rotatable bonds is 11. The largest absolute Gasteiger partial charge is 0.459 e. The molecule has 0 radical (unpaired) electrons. The molecule has 3 amide bonds. The van der Waals surface area contributed by atoms with E-state index in [-0.39, 0.29) is 37.6 Å². The highest BCUT2D eigenvalue weighted by Gasteiger charge is 2.93. The lowest BCUT2D eigenvalue weighted by Crippen LogP contribution is -2.77. The van der Waals surface area contributed by atoms with E-state index in [9.17, 15) is 48.9 Å². The smallest absolute Gasteiger partial charge is 0.341 e. The number of nitrogens with one attached hydrogen (secondary N) is 1. The van der Waals surface area contributed by atoms with Crippen LogP contribution in [-0.4, -0.2) is 146 Å². The molecule has 1 aromatic rings. The first-order valence-electron chi connectivity index (χ1n) is 23.9. The summed E-state index contributed by atoms with van der Waals surface area (Å²) < 4.78 is 37.2. The molecule has 10 rings (SSSR count). The summed E-state index contributed by atoms with van der Waals surface area (Å²) in [6.45, 7) is 12.0. The maximum atomic E-state index is 14.4. The Bertz CT molecular complexity index is 2330. The Balaban J connectivity index is 1.03. The second-order valence-corrected chi connectivity index (χ2v) is 23.1. The number of likely N-dealkylation sites (tertiary alicyclic amines) is 1. The lowest BCUT2D eigenvalue weighted by atomic mass is 9.40. The number of aliphatic hydroxyl groups excluding tert-OH is 2. The molecule has 4 saturated heterocycles. The van der Waals surface area contributed by atoms with Gasteiger partial charge in [-0.3, -0.25) is 33.7 Å². The number of imide groups is 1. The summed E-state index contributed by atoms with van der Waals surface area (Å²) in [5.74, 6) is -11.5. The molecule has 1 aromatic carbocycles. The van der Waals surface area contributed by atoms with Gasteiger partial charge in [-0.25, -0.2) is 4.79 Å². The molecule has 0 aromatic heterocycles. The number of aliphatic hydroxyl groups is 3. The molecule has 4 heterocycles. The van der Waals surface area contributed by atoms with Gasteiger partial charge >= 0.3 is 23.9 Å². The van der Waals surface area contributed by atoms with Crippen molar-refractivity contribution in [3.63, 3.8) is 0 Å². The van der Waals surface area contributed by atoms with Gasteiger partial charge in [0, 0.05) is 68.7 Å². The Morgan fingerprint density at radius 2 is 1.53 bits per heavy atom. The average molecular weight is 967 g/mol. The summed E-state index contributed by atoms with van der Waals surface area (Å²) in [5.41, 5.74) is -5.38. The van der Waals surface area contributed by atoms with Crippen LogP contribution in [0.1, 0.15) is 80.2 Å². The molecule has 4 aliphatic heterocycles. The summed E-state index contributed by atoms with van der Waals surface area (Å²) in [4.78, 5) is 95.8. The van der Waals surface area contributed by atoms with E-state index < -0.39 is 159 Å². The zero-order valence-electron chi connectivity index (χ0n) is 39.4. The van der Waals surface area contributed by atoms with E-state index in [4.69, 9.17) is 28.4 Å². The van der Waals surface area contributed by atoms with Gasteiger partial charge in [-0.2, -0.15) is 0 Å². The fourth-order valence-corrected chi connectivity index (χ4v) is 17.0. The molecule has 1 unspecified atom stereocenters. The van der Waals surface area contributed by atoms with Crippen molar-refractivity contribution in [1.29, 1.82) is 0 Å². The van der Waals surface area contributed by atoms with Crippen molar-refractivity contribution in [2.75, 3.05) is 12.3 Å². The Morgan fingerprint density at radius 3 is 2.19 bits per heavy atom. The Kier molecular flexibility index (Phi) is 11.1. The summed E-state index contributed by atoms with van der Waals surface area (Å²) in [5, 5.41) is 41.2. The van der Waals surface area contributed by atoms with Gasteiger partial charge in [-0.15, -0.1) is 11.8 Å². The number of thioether (sulfide) groups is 1. The monoisotopic (exact) mass is 966 g/mol. The zero-order valence-corrected chi connectivity index (χ0v) is 40.3. The second kappa shape index (κ2) is 15.9. The first-order valence-corrected chi connectivity index (χ1v) is 25.0. The SMILES string of the molecule is CC(=O)O[C@H]1[C@H]2[C@@H]([C@@H](O)[C@@H](NC(=O)CCN3C(=O)CC(SCCc4ccccc4)C3=O)[C@H]3C[C@@H]4O[C@@H]4[C@H](OC(C)=O)[C@]23C)[C@@H]2[C@@H](O)[C@@H]3[C@H]([C@H](C)[C@H]4O[C@]45OC(=O)[C@@](C)(O)[C@]35C)[C@@]2(C)[C@H]1OC(C)=O. The molecule has 19 heteroatoms. The first-order chi connectivity index (χ1) is 32.0. The van der Waals surface area contributed by atoms with Gasteiger partial charge < -0.3 is 49.1 Å². The van der Waals surface area contributed by atoms with Crippen LogP contribution in [0.15, 0.2) is 30.3 Å². The van der Waals surface area contributed by atoms with Crippen molar-refractivity contribution in [2.45, 2.75) is 153 Å². The summed E-state index contributed by atoms with van der Waals surface area (Å²) in [6, 6.07) is 8.68. The number of esters is 4. The molecule has 5 aliphatic carbocycles. The minimum absolute atomic E-state index is 0.00845. The van der Waals surface area contributed by atoms with E-state index >= 15 is 0 Å². The molecule has 370 valence electrons. The van der Waals surface area contributed by atoms with Crippen LogP contribution < -0.4 is 5.32 Å². The third-order valence-corrected chi connectivity index (χ3v) is 19.8. The fourth-order valence-electron chi connectivity index (χ4n) is 15.8. The minimum Gasteiger partial charge on any atom is -0.459 e. The molecule has 1 spiro atoms. The van der Waals surface area contributed by atoms with E-state index in [1.54, 1.807) is 6.92 Å². The summed E-state index contributed by atoms with van der Waals surface area (Å²) in [7, 11) is 0. The number of fused-ring (bicyclic) bond motifs is 9. The van der Waals surface area contributed by atoms with Crippen LogP contribution in [0.25, 0.3) is 0 Å². The number of carbonyl (C=O) groups excluding carboxylic acids is 7. The highest BCUT2D eigenvalue weighted by molar-refractivity contribution is 8.00. The average Bonchev–Trinajstić information content (AvgIpc) is 4.16. The highest BCUT2D eigenvalue weighted by atomic mass is 32.2. The lowest BCUT2D eigenvalue weighted by Gasteiger charge is -2.67. The number of hydrogen-bond acceptors (Lipinski definition) is 17. The number of carbonyl (C=O) groups is 7. The third-order valence-electron chi connectivity index (χ3n) is 18.6. The number of nitrogens with zero attached hydrogens (tertiary/aromatic N) is 1. The Hall–Kier alpha value is -4.14. The normalized spacial score (nSPS) is 48.8. The molecule has 18 nitrogen and oxygen atoms in total. The molecule has 4 N–H and O–H groups in total. The molecule has 0 bridgehead atoms. The van der Waals surface area contributed by atoms with Crippen molar-refractivity contribution in [3.8, 4) is 0 Å². The number of epoxide rings is 2. The van der Waals surface area contributed by atoms with Crippen LogP contribution in [-0.2, 0) is 68.4 Å². The van der Waals surface area contributed by atoms with Crippen molar-refractivity contribution < 1.29 is 77.3 Å². The van der Waals surface area contributed by atoms with Gasteiger partial charge in [-0.1, -0.05) is 51.1 Å². The van der Waals surface area contributed by atoms with Gasteiger partial charge in [0.2, 0.25) is 23.5 Å². The molecule has 9 fully saturated rings. The number of amides is 3. The van der Waals surface area contributed by atoms with Crippen LogP contribution in [0.3, 0.4) is 0 Å². The van der Waals surface area contributed by atoms with E-state index in [1.807, 2.05) is 51.1 Å². The predicted octanol–water partition coefficient (Wildman–Crippen LogP) is 1.46. The number of benzene rings is 1. The molecule has 22 atom stereocenters. The number of ether oxygens (including phenoxy) is 6. The van der Waals surface area contributed by atoms with Crippen LogP contribution in [0.2, 0.25) is 0 Å². The van der Waals surface area contributed by atoms with Gasteiger partial charge in [0.1, 0.15) is 30.5 Å². The maximum absolute atomic E-state index is 14.4. The van der Waals surface area contributed by atoms with Crippen molar-refractivity contribution in [2.24, 2.45) is 57.7 Å². The summed E-state index contributed by atoms with van der Waals surface area (Å²) >= 11 is 1.40. The standard InChI is InChI=1S/C49H62N2O16S/c1-20-31-34(47(7)48(8,61)44(60)67-49(47)40(20)66-49)37(58)32-30-33(39(62-21(2)52)42(46(31,32)6)64-23(4)54)45(5)25(18-26-38(65-26)41(45)63-22(3)53)35(36(30)57)50-28(55)14-16-51-29(56)19-27(43(51)59)68-17-15-24-12-10-9-11-13-24/h9-13,20,25-27,30-42,57-58,61H,14-19H2,1-8H3,(H,50,55)/t20-,25+,26-,27?,30-,31-,32+,33+,34-,35-,36+,37+,38-,39-,40+,41-,42-,45-,46+,47-,48+,49-/m0/s1. The Labute approximate surface area is 398 Å².